The van der Waals surface area contributed by atoms with Gasteiger partial charge in [-0.1, -0.05) is 31.2 Å². The van der Waals surface area contributed by atoms with Crippen molar-refractivity contribution < 1.29 is 32.9 Å². The number of halogens is 3. The molecular formula is C31H32F3NO4. The molecule has 5 rings (SSSR count). The Kier molecular flexibility index (Phi) is 7.25. The second-order valence-corrected chi connectivity index (χ2v) is 10.6. The van der Waals surface area contributed by atoms with E-state index in [1.807, 2.05) is 30.3 Å². The Morgan fingerprint density at radius 3 is 2.46 bits per heavy atom. The lowest BCUT2D eigenvalue weighted by Gasteiger charge is -2.32. The van der Waals surface area contributed by atoms with Crippen molar-refractivity contribution in [1.82, 2.24) is 4.90 Å². The van der Waals surface area contributed by atoms with Gasteiger partial charge < -0.3 is 19.7 Å². The Morgan fingerprint density at radius 2 is 1.82 bits per heavy atom. The molecule has 0 bridgehead atoms. The number of allylic oxidation sites excluding steroid dienone is 1. The van der Waals surface area contributed by atoms with Gasteiger partial charge in [0.1, 0.15) is 41.3 Å². The van der Waals surface area contributed by atoms with Crippen LogP contribution in [0.3, 0.4) is 0 Å². The second-order valence-electron chi connectivity index (χ2n) is 10.6. The summed E-state index contributed by atoms with van der Waals surface area (Å²) >= 11 is 0. The fraction of sp³-hybridized carbons (Fsp3) is 0.355. The molecule has 0 aromatic heterocycles. The maximum Gasteiger partial charge on any atom is 0.420 e. The molecule has 1 saturated heterocycles. The first-order valence-corrected chi connectivity index (χ1v) is 13.1. The minimum atomic E-state index is -4.73. The Balaban J connectivity index is 1.46. The molecule has 5 nitrogen and oxygen atoms in total. The standard InChI is InChI=1S/C31H32F3NO4/c1-18-11-12-35(16-18)19(2)17-38-24-9-7-21(8-10-24)30-29(22-5-4-6-23(36)13-22)20(3)25-14-27(37)26(31(32,33)34)15-28(25)39-30/h4-10,13-15,18-19,30,36-37H,11-12,16-17H2,1-3H3/t18-,19+,30?/m1/s1. The van der Waals surface area contributed by atoms with Gasteiger partial charge in [0.2, 0.25) is 0 Å². The van der Waals surface area contributed by atoms with Gasteiger partial charge in [-0.15, -0.1) is 0 Å². The minimum Gasteiger partial charge on any atom is -0.508 e. The van der Waals surface area contributed by atoms with Crippen molar-refractivity contribution in [3.8, 4) is 23.0 Å². The van der Waals surface area contributed by atoms with Gasteiger partial charge in [-0.05, 0) is 85.8 Å². The number of aromatic hydroxyl groups is 2. The van der Waals surface area contributed by atoms with Crippen molar-refractivity contribution in [2.75, 3.05) is 19.7 Å². The summed E-state index contributed by atoms with van der Waals surface area (Å²) in [5.74, 6) is 0.606. The van der Waals surface area contributed by atoms with E-state index in [2.05, 4.69) is 18.7 Å². The van der Waals surface area contributed by atoms with Crippen LogP contribution in [0.1, 0.15) is 55.5 Å². The Bertz CT molecular complexity index is 1380. The first-order chi connectivity index (χ1) is 18.5. The van der Waals surface area contributed by atoms with Crippen molar-refractivity contribution in [3.63, 3.8) is 0 Å². The molecule has 3 aromatic carbocycles. The number of hydrogen-bond acceptors (Lipinski definition) is 5. The molecular weight excluding hydrogens is 507 g/mol. The molecule has 8 heteroatoms. The van der Waals surface area contributed by atoms with Crippen LogP contribution >= 0.6 is 0 Å². The number of nitrogens with zero attached hydrogens (tertiary/aromatic N) is 1. The van der Waals surface area contributed by atoms with Gasteiger partial charge >= 0.3 is 6.18 Å². The van der Waals surface area contributed by atoms with E-state index in [1.54, 1.807) is 25.1 Å². The Morgan fingerprint density at radius 1 is 1.08 bits per heavy atom. The molecule has 206 valence electrons. The lowest BCUT2D eigenvalue weighted by Crippen LogP contribution is -2.35. The fourth-order valence-electron chi connectivity index (χ4n) is 5.42. The molecule has 0 radical (unpaired) electrons. The predicted octanol–water partition coefficient (Wildman–Crippen LogP) is 7.29. The van der Waals surface area contributed by atoms with Crippen LogP contribution in [0.5, 0.6) is 23.0 Å². The summed E-state index contributed by atoms with van der Waals surface area (Å²) in [5, 5.41) is 20.3. The summed E-state index contributed by atoms with van der Waals surface area (Å²) in [5.41, 5.74) is 1.91. The quantitative estimate of drug-likeness (QED) is 0.345. The first kappa shape index (κ1) is 26.9. The van der Waals surface area contributed by atoms with Crippen LogP contribution < -0.4 is 9.47 Å². The zero-order valence-corrected chi connectivity index (χ0v) is 22.1. The van der Waals surface area contributed by atoms with E-state index in [9.17, 15) is 23.4 Å². The third-order valence-corrected chi connectivity index (χ3v) is 7.63. The zero-order valence-electron chi connectivity index (χ0n) is 22.1. The van der Waals surface area contributed by atoms with Crippen LogP contribution in [0, 0.1) is 5.92 Å². The molecule has 1 unspecified atom stereocenters. The molecule has 0 spiro atoms. The number of alkyl halides is 3. The third kappa shape index (κ3) is 5.57. The number of rotatable bonds is 6. The molecule has 0 saturated carbocycles. The van der Waals surface area contributed by atoms with E-state index >= 15 is 0 Å². The SMILES string of the molecule is CC1=C(c2cccc(O)c2)C(c2ccc(OC[C@H](C)N3CC[C@@H](C)C3)cc2)Oc2cc(C(F)(F)F)c(O)cc21. The molecule has 3 atom stereocenters. The van der Waals surface area contributed by atoms with Crippen LogP contribution in [0.2, 0.25) is 0 Å². The van der Waals surface area contributed by atoms with Crippen molar-refractivity contribution in [3.05, 3.63) is 82.9 Å². The Labute approximate surface area is 226 Å². The number of phenolic OH excluding ortho intramolecular Hbond substituents is 2. The first-order valence-electron chi connectivity index (χ1n) is 13.1. The summed E-state index contributed by atoms with van der Waals surface area (Å²) in [7, 11) is 0. The van der Waals surface area contributed by atoms with Crippen LogP contribution in [0.4, 0.5) is 13.2 Å². The van der Waals surface area contributed by atoms with Gasteiger partial charge in [-0.25, -0.2) is 0 Å². The molecule has 2 N–H and O–H groups in total. The van der Waals surface area contributed by atoms with Crippen molar-refractivity contribution in [1.29, 1.82) is 0 Å². The van der Waals surface area contributed by atoms with E-state index in [-0.39, 0.29) is 17.5 Å². The zero-order chi connectivity index (χ0) is 27.9. The minimum absolute atomic E-state index is 0.0283. The summed E-state index contributed by atoms with van der Waals surface area (Å²) in [6.45, 7) is 8.88. The lowest BCUT2D eigenvalue weighted by atomic mass is 9.85. The summed E-state index contributed by atoms with van der Waals surface area (Å²) < 4.78 is 52.9. The van der Waals surface area contributed by atoms with Gasteiger partial charge in [0.15, 0.2) is 0 Å². The normalized spacial score (nSPS) is 20.5. The van der Waals surface area contributed by atoms with Gasteiger partial charge in [-0.2, -0.15) is 13.2 Å². The summed E-state index contributed by atoms with van der Waals surface area (Å²) in [4.78, 5) is 2.43. The molecule has 2 aliphatic heterocycles. The topological polar surface area (TPSA) is 62.2 Å². The van der Waals surface area contributed by atoms with E-state index in [0.29, 0.717) is 46.1 Å². The molecule has 2 aliphatic rings. The van der Waals surface area contributed by atoms with Crippen molar-refractivity contribution >= 4 is 11.1 Å². The highest BCUT2D eigenvalue weighted by molar-refractivity contribution is 5.96. The molecule has 39 heavy (non-hydrogen) atoms. The van der Waals surface area contributed by atoms with E-state index < -0.39 is 23.6 Å². The highest BCUT2D eigenvalue weighted by atomic mass is 19.4. The van der Waals surface area contributed by atoms with Crippen LogP contribution in [-0.2, 0) is 6.18 Å². The Hall–Kier alpha value is -3.65. The number of ether oxygens (including phenoxy) is 2. The van der Waals surface area contributed by atoms with Gasteiger partial charge in [0, 0.05) is 23.7 Å². The largest absolute Gasteiger partial charge is 0.508 e. The monoisotopic (exact) mass is 539 g/mol. The highest BCUT2D eigenvalue weighted by Crippen LogP contribution is 2.50. The van der Waals surface area contributed by atoms with E-state index in [4.69, 9.17) is 9.47 Å². The average Bonchev–Trinajstić information content (AvgIpc) is 3.33. The van der Waals surface area contributed by atoms with Gasteiger partial charge in [0.05, 0.1) is 0 Å². The predicted molar refractivity (Wildman–Crippen MR) is 144 cm³/mol. The molecule has 3 aromatic rings. The van der Waals surface area contributed by atoms with Crippen molar-refractivity contribution in [2.24, 2.45) is 5.92 Å². The number of likely N-dealkylation sites (tertiary alicyclic amines) is 1. The number of benzene rings is 3. The summed E-state index contributed by atoms with van der Waals surface area (Å²) in [6, 6.07) is 16.2. The van der Waals surface area contributed by atoms with E-state index in [0.717, 1.165) is 25.2 Å². The second kappa shape index (κ2) is 10.5. The fourth-order valence-corrected chi connectivity index (χ4v) is 5.42. The molecule has 1 fully saturated rings. The lowest BCUT2D eigenvalue weighted by molar-refractivity contribution is -0.138. The summed E-state index contributed by atoms with van der Waals surface area (Å²) in [6.07, 6.45) is -4.28. The maximum atomic E-state index is 13.5. The third-order valence-electron chi connectivity index (χ3n) is 7.63. The average molecular weight is 540 g/mol. The molecule has 0 amide bonds. The van der Waals surface area contributed by atoms with E-state index in [1.165, 1.54) is 6.42 Å². The smallest absolute Gasteiger partial charge is 0.420 e. The maximum absolute atomic E-state index is 13.5. The molecule has 0 aliphatic carbocycles. The number of hydrogen-bond donors (Lipinski definition) is 2. The van der Waals surface area contributed by atoms with Crippen LogP contribution in [0.15, 0.2) is 60.7 Å². The van der Waals surface area contributed by atoms with Gasteiger partial charge in [-0.3, -0.25) is 4.90 Å². The van der Waals surface area contributed by atoms with Gasteiger partial charge in [0.25, 0.3) is 0 Å². The van der Waals surface area contributed by atoms with Crippen LogP contribution in [-0.4, -0.2) is 40.9 Å². The molecule has 2 heterocycles. The number of phenols is 2. The van der Waals surface area contributed by atoms with Crippen molar-refractivity contribution in [2.45, 2.75) is 45.5 Å². The highest BCUT2D eigenvalue weighted by Gasteiger charge is 2.37. The number of fused-ring (bicyclic) bond motifs is 1. The van der Waals surface area contributed by atoms with Crippen LogP contribution in [0.25, 0.3) is 11.1 Å².